The Kier molecular flexibility index (Phi) is 5.32. The number of aromatic nitrogens is 2. The number of hydrogen-bond acceptors (Lipinski definition) is 2. The Morgan fingerprint density at radius 3 is 2.56 bits per heavy atom. The number of imidazole rings is 1. The van der Waals surface area contributed by atoms with Crippen molar-refractivity contribution in [1.29, 1.82) is 0 Å². The van der Waals surface area contributed by atoms with Crippen LogP contribution >= 0.6 is 0 Å². The lowest BCUT2D eigenvalue weighted by molar-refractivity contribution is 0.514. The van der Waals surface area contributed by atoms with Gasteiger partial charge in [-0.05, 0) is 32.4 Å². The third-order valence-electron chi connectivity index (χ3n) is 2.56. The smallest absolute Gasteiger partial charge is 0.316 e. The number of nitrogens with zero attached hydrogens (tertiary/aromatic N) is 2. The maximum Gasteiger partial charge on any atom is 0.328 e. The number of nitrogens with one attached hydrogen (secondary N) is 1. The molecule has 0 aliphatic carbocycles. The van der Waals surface area contributed by atoms with Crippen molar-refractivity contribution in [2.45, 2.75) is 40.3 Å². The van der Waals surface area contributed by atoms with E-state index in [1.165, 1.54) is 0 Å². The first-order chi connectivity index (χ1) is 7.65. The predicted molar refractivity (Wildman–Crippen MR) is 66.7 cm³/mol. The number of hydrogen-bond donors (Lipinski definition) is 1. The van der Waals surface area contributed by atoms with Crippen LogP contribution in [0.1, 0.15) is 27.2 Å². The molecule has 0 saturated carbocycles. The summed E-state index contributed by atoms with van der Waals surface area (Å²) in [5, 5.41) is 3.37. The molecule has 1 rings (SSSR count). The summed E-state index contributed by atoms with van der Waals surface area (Å²) in [6.45, 7) is 9.94. The molecule has 0 unspecified atom stereocenters. The van der Waals surface area contributed by atoms with Gasteiger partial charge in [-0.25, -0.2) is 4.79 Å². The molecular weight excluding hydrogens is 202 g/mol. The summed E-state index contributed by atoms with van der Waals surface area (Å²) in [6, 6.07) is 0. The maximum absolute atomic E-state index is 11.7. The first-order valence-corrected chi connectivity index (χ1v) is 6.11. The maximum atomic E-state index is 11.7. The summed E-state index contributed by atoms with van der Waals surface area (Å²) in [4.78, 5) is 11.7. The lowest BCUT2D eigenvalue weighted by Gasteiger charge is -2.07. The third kappa shape index (κ3) is 3.85. The summed E-state index contributed by atoms with van der Waals surface area (Å²) in [5.41, 5.74) is 0.103. The fraction of sp³-hybridized carbons (Fsp3) is 0.750. The van der Waals surface area contributed by atoms with Crippen LogP contribution in [-0.4, -0.2) is 22.2 Å². The summed E-state index contributed by atoms with van der Waals surface area (Å²) in [6.07, 6.45) is 4.72. The zero-order valence-electron chi connectivity index (χ0n) is 10.6. The molecule has 0 aliphatic rings. The summed E-state index contributed by atoms with van der Waals surface area (Å²) in [5.74, 6) is 0.684. The van der Waals surface area contributed by atoms with E-state index in [2.05, 4.69) is 19.2 Å². The van der Waals surface area contributed by atoms with Crippen molar-refractivity contribution in [3.05, 3.63) is 22.9 Å². The fourth-order valence-electron chi connectivity index (χ4n) is 1.63. The van der Waals surface area contributed by atoms with E-state index >= 15 is 0 Å². The first-order valence-electron chi connectivity index (χ1n) is 6.11. The van der Waals surface area contributed by atoms with Crippen LogP contribution in [0.2, 0.25) is 0 Å². The minimum atomic E-state index is 0.103. The number of rotatable bonds is 7. The second-order valence-corrected chi connectivity index (χ2v) is 4.51. The Morgan fingerprint density at radius 2 is 2.00 bits per heavy atom. The molecule has 0 bridgehead atoms. The van der Waals surface area contributed by atoms with Crippen LogP contribution < -0.4 is 11.0 Å². The molecule has 1 aromatic rings. The molecule has 0 fully saturated rings. The van der Waals surface area contributed by atoms with Gasteiger partial charge in [0.25, 0.3) is 0 Å². The molecule has 1 aromatic heterocycles. The van der Waals surface area contributed by atoms with Crippen LogP contribution in [0.25, 0.3) is 0 Å². The lowest BCUT2D eigenvalue weighted by Crippen LogP contribution is -2.26. The van der Waals surface area contributed by atoms with Gasteiger partial charge in [-0.3, -0.25) is 9.13 Å². The van der Waals surface area contributed by atoms with E-state index in [4.69, 9.17) is 0 Å². The predicted octanol–water partition coefficient (Wildman–Crippen LogP) is 1.31. The molecule has 1 N–H and O–H groups in total. The highest BCUT2D eigenvalue weighted by molar-refractivity contribution is 4.80. The van der Waals surface area contributed by atoms with Gasteiger partial charge in [-0.1, -0.05) is 13.8 Å². The monoisotopic (exact) mass is 225 g/mol. The van der Waals surface area contributed by atoms with E-state index in [1.807, 2.05) is 19.3 Å². The average molecular weight is 225 g/mol. The second-order valence-electron chi connectivity index (χ2n) is 4.51. The molecule has 16 heavy (non-hydrogen) atoms. The van der Waals surface area contributed by atoms with Gasteiger partial charge in [0, 0.05) is 25.5 Å². The molecule has 4 heteroatoms. The second kappa shape index (κ2) is 6.53. The van der Waals surface area contributed by atoms with Crippen LogP contribution in [0.15, 0.2) is 17.2 Å². The Bertz CT molecular complexity index is 351. The standard InChI is InChI=1S/C12H23N3O/c1-4-14-8-9-15(12(14)16)7-5-6-13-10-11(2)3/h8-9,11,13H,4-7,10H2,1-3H3. The summed E-state index contributed by atoms with van der Waals surface area (Å²) >= 11 is 0. The molecule has 0 aromatic carbocycles. The van der Waals surface area contributed by atoms with Gasteiger partial charge in [-0.2, -0.15) is 0 Å². The molecule has 0 saturated heterocycles. The average Bonchev–Trinajstić information content (AvgIpc) is 2.59. The molecule has 1 heterocycles. The Morgan fingerprint density at radius 1 is 1.31 bits per heavy atom. The highest BCUT2D eigenvalue weighted by atomic mass is 16.1. The van der Waals surface area contributed by atoms with Crippen molar-refractivity contribution in [2.75, 3.05) is 13.1 Å². The van der Waals surface area contributed by atoms with E-state index < -0.39 is 0 Å². The fourth-order valence-corrected chi connectivity index (χ4v) is 1.63. The molecule has 0 aliphatic heterocycles. The molecule has 0 atom stereocenters. The van der Waals surface area contributed by atoms with E-state index in [9.17, 15) is 4.79 Å². The largest absolute Gasteiger partial charge is 0.328 e. The SMILES string of the molecule is CCn1ccn(CCCNCC(C)C)c1=O. The van der Waals surface area contributed by atoms with Crippen LogP contribution in [0, 0.1) is 5.92 Å². The quantitative estimate of drug-likeness (QED) is 0.711. The van der Waals surface area contributed by atoms with Gasteiger partial charge in [0.15, 0.2) is 0 Å². The normalized spacial score (nSPS) is 11.2. The van der Waals surface area contributed by atoms with Crippen LogP contribution in [0.4, 0.5) is 0 Å². The third-order valence-corrected chi connectivity index (χ3v) is 2.56. The molecule has 4 nitrogen and oxygen atoms in total. The van der Waals surface area contributed by atoms with Crippen molar-refractivity contribution in [3.63, 3.8) is 0 Å². The van der Waals surface area contributed by atoms with Crippen LogP contribution in [0.5, 0.6) is 0 Å². The molecule has 0 radical (unpaired) electrons. The molecule has 0 amide bonds. The van der Waals surface area contributed by atoms with Crippen molar-refractivity contribution >= 4 is 0 Å². The van der Waals surface area contributed by atoms with Gasteiger partial charge in [0.05, 0.1) is 0 Å². The highest BCUT2D eigenvalue weighted by Crippen LogP contribution is 1.90. The van der Waals surface area contributed by atoms with Crippen molar-refractivity contribution < 1.29 is 0 Å². The number of aryl methyl sites for hydroxylation is 2. The highest BCUT2D eigenvalue weighted by Gasteiger charge is 2.00. The molecule has 0 spiro atoms. The summed E-state index contributed by atoms with van der Waals surface area (Å²) in [7, 11) is 0. The van der Waals surface area contributed by atoms with Gasteiger partial charge >= 0.3 is 5.69 Å². The van der Waals surface area contributed by atoms with Gasteiger partial charge < -0.3 is 5.32 Å². The van der Waals surface area contributed by atoms with Crippen molar-refractivity contribution in [1.82, 2.24) is 14.5 Å². The summed E-state index contributed by atoms with van der Waals surface area (Å²) < 4.78 is 3.50. The van der Waals surface area contributed by atoms with Gasteiger partial charge in [0.1, 0.15) is 0 Å². The Balaban J connectivity index is 2.27. The van der Waals surface area contributed by atoms with Gasteiger partial charge in [-0.15, -0.1) is 0 Å². The minimum absolute atomic E-state index is 0.103. The van der Waals surface area contributed by atoms with Crippen molar-refractivity contribution in [3.8, 4) is 0 Å². The van der Waals surface area contributed by atoms with E-state index in [0.29, 0.717) is 5.92 Å². The van der Waals surface area contributed by atoms with E-state index in [1.54, 1.807) is 9.13 Å². The van der Waals surface area contributed by atoms with Crippen LogP contribution in [-0.2, 0) is 13.1 Å². The molecule has 92 valence electrons. The topological polar surface area (TPSA) is 39.0 Å². The Labute approximate surface area is 97.3 Å². The van der Waals surface area contributed by atoms with E-state index in [-0.39, 0.29) is 5.69 Å². The van der Waals surface area contributed by atoms with E-state index in [0.717, 1.165) is 32.6 Å². The minimum Gasteiger partial charge on any atom is -0.316 e. The molecular formula is C12H23N3O. The zero-order valence-corrected chi connectivity index (χ0v) is 10.6. The first kappa shape index (κ1) is 13.0. The Hall–Kier alpha value is -1.03. The van der Waals surface area contributed by atoms with Crippen molar-refractivity contribution in [2.24, 2.45) is 5.92 Å². The lowest BCUT2D eigenvalue weighted by atomic mass is 10.2. The van der Waals surface area contributed by atoms with Crippen LogP contribution in [0.3, 0.4) is 0 Å². The zero-order chi connectivity index (χ0) is 12.0. The van der Waals surface area contributed by atoms with Gasteiger partial charge in [0.2, 0.25) is 0 Å².